The van der Waals surface area contributed by atoms with Gasteiger partial charge in [0.05, 0.1) is 19.7 Å². The number of esters is 1. The lowest BCUT2D eigenvalue weighted by molar-refractivity contribution is -0.140. The molecule has 1 N–H and O–H groups in total. The van der Waals surface area contributed by atoms with E-state index in [0.29, 0.717) is 19.4 Å². The van der Waals surface area contributed by atoms with E-state index in [9.17, 15) is 9.59 Å². The van der Waals surface area contributed by atoms with E-state index in [1.54, 1.807) is 6.92 Å². The molecule has 0 aromatic carbocycles. The topological polar surface area (TPSA) is 58.6 Å². The van der Waals surface area contributed by atoms with E-state index in [-0.39, 0.29) is 24.5 Å². The van der Waals surface area contributed by atoms with Gasteiger partial charge in [0.15, 0.2) is 0 Å². The molecule has 5 heteroatoms. The van der Waals surface area contributed by atoms with E-state index in [2.05, 4.69) is 16.0 Å². The molecule has 5 nitrogen and oxygen atoms in total. The summed E-state index contributed by atoms with van der Waals surface area (Å²) in [6, 6.07) is -0.263. The lowest BCUT2D eigenvalue weighted by Gasteiger charge is -2.23. The first-order chi connectivity index (χ1) is 8.02. The number of carbonyl (C=O) groups is 2. The zero-order chi connectivity index (χ0) is 13.3. The van der Waals surface area contributed by atoms with Crippen LogP contribution in [0.1, 0.15) is 19.8 Å². The van der Waals surface area contributed by atoms with Crippen molar-refractivity contribution in [1.82, 2.24) is 10.2 Å². The van der Waals surface area contributed by atoms with Crippen LogP contribution < -0.4 is 5.32 Å². The van der Waals surface area contributed by atoms with E-state index < -0.39 is 0 Å². The Balaban J connectivity index is 3.89. The van der Waals surface area contributed by atoms with Crippen LogP contribution in [0.3, 0.4) is 0 Å². The number of terminal acetylenes is 1. The summed E-state index contributed by atoms with van der Waals surface area (Å²) in [6.07, 6.45) is 6.08. The van der Waals surface area contributed by atoms with Crippen molar-refractivity contribution < 1.29 is 14.3 Å². The molecular weight excluding hydrogens is 220 g/mol. The van der Waals surface area contributed by atoms with E-state index >= 15 is 0 Å². The summed E-state index contributed by atoms with van der Waals surface area (Å²) in [4.78, 5) is 24.3. The van der Waals surface area contributed by atoms with Crippen molar-refractivity contribution in [2.45, 2.75) is 25.8 Å². The molecule has 0 aromatic heterocycles. The van der Waals surface area contributed by atoms with Gasteiger partial charge in [-0.25, -0.2) is 0 Å². The number of likely N-dealkylation sites (N-methyl/N-ethyl adjacent to an activating group) is 1. The fourth-order valence-electron chi connectivity index (χ4n) is 1.25. The number of amides is 1. The van der Waals surface area contributed by atoms with E-state index in [1.807, 2.05) is 11.9 Å². The molecule has 0 aliphatic rings. The Morgan fingerprint density at radius 1 is 1.53 bits per heavy atom. The number of methoxy groups -OCH3 is 1. The minimum absolute atomic E-state index is 0.108. The van der Waals surface area contributed by atoms with Crippen molar-refractivity contribution in [3.63, 3.8) is 0 Å². The first-order valence-electron chi connectivity index (χ1n) is 5.51. The number of carbonyl (C=O) groups excluding carboxylic acids is 2. The maximum absolute atomic E-state index is 11.6. The third-order valence-corrected chi connectivity index (χ3v) is 2.52. The lowest BCUT2D eigenvalue weighted by atomic mass is 10.2. The molecule has 0 radical (unpaired) electrons. The molecule has 96 valence electrons. The van der Waals surface area contributed by atoms with Crippen LogP contribution >= 0.6 is 0 Å². The Labute approximate surface area is 102 Å². The lowest BCUT2D eigenvalue weighted by Crippen LogP contribution is -2.43. The summed E-state index contributed by atoms with van der Waals surface area (Å²) in [5, 5.41) is 2.62. The zero-order valence-corrected chi connectivity index (χ0v) is 10.7. The first-order valence-corrected chi connectivity index (χ1v) is 5.51. The molecule has 0 aliphatic heterocycles. The van der Waals surface area contributed by atoms with Crippen LogP contribution in [-0.2, 0) is 14.3 Å². The molecule has 1 unspecified atom stereocenters. The number of nitrogens with one attached hydrogen (secondary N) is 1. The molecule has 0 bridgehead atoms. The quantitative estimate of drug-likeness (QED) is 0.503. The molecular formula is C12H20N2O3. The molecule has 0 saturated heterocycles. The molecule has 0 rings (SSSR count). The van der Waals surface area contributed by atoms with E-state index in [4.69, 9.17) is 6.42 Å². The van der Waals surface area contributed by atoms with Crippen LogP contribution in [0.25, 0.3) is 0 Å². The van der Waals surface area contributed by atoms with Gasteiger partial charge in [-0.05, 0) is 26.9 Å². The van der Waals surface area contributed by atoms with Gasteiger partial charge in [0.2, 0.25) is 5.91 Å². The van der Waals surface area contributed by atoms with Gasteiger partial charge in [-0.15, -0.1) is 6.42 Å². The maximum Gasteiger partial charge on any atom is 0.305 e. The molecule has 0 aliphatic carbocycles. The van der Waals surface area contributed by atoms with Crippen LogP contribution in [0.4, 0.5) is 0 Å². The summed E-state index contributed by atoms with van der Waals surface area (Å²) in [5.74, 6) is 2.01. The van der Waals surface area contributed by atoms with Crippen molar-refractivity contribution in [3.8, 4) is 12.3 Å². The van der Waals surface area contributed by atoms with Gasteiger partial charge in [-0.1, -0.05) is 5.92 Å². The predicted octanol–water partition coefficient (Wildman–Crippen LogP) is 0.00930. The molecule has 0 fully saturated rings. The maximum atomic E-state index is 11.6. The van der Waals surface area contributed by atoms with E-state index in [1.165, 1.54) is 7.11 Å². The molecule has 1 atom stereocenters. The Morgan fingerprint density at radius 3 is 2.71 bits per heavy atom. The molecule has 0 aromatic rings. The van der Waals surface area contributed by atoms with Crippen LogP contribution in [0.2, 0.25) is 0 Å². The van der Waals surface area contributed by atoms with Crippen molar-refractivity contribution in [2.24, 2.45) is 0 Å². The molecule has 0 spiro atoms. The highest BCUT2D eigenvalue weighted by Gasteiger charge is 2.17. The zero-order valence-electron chi connectivity index (χ0n) is 10.7. The van der Waals surface area contributed by atoms with Crippen molar-refractivity contribution in [1.29, 1.82) is 0 Å². The van der Waals surface area contributed by atoms with Crippen molar-refractivity contribution >= 4 is 11.9 Å². The number of rotatable bonds is 7. The van der Waals surface area contributed by atoms with Crippen molar-refractivity contribution in [2.75, 3.05) is 27.2 Å². The van der Waals surface area contributed by atoms with Crippen LogP contribution in [0.5, 0.6) is 0 Å². The number of nitrogens with zero attached hydrogens (tertiary/aromatic N) is 1. The second-order valence-electron chi connectivity index (χ2n) is 3.76. The Morgan fingerprint density at radius 2 is 2.18 bits per heavy atom. The number of ether oxygens (including phenoxy) is 1. The summed E-state index contributed by atoms with van der Waals surface area (Å²) in [5.41, 5.74) is 0. The second-order valence-corrected chi connectivity index (χ2v) is 3.76. The minimum atomic E-state index is -0.263. The van der Waals surface area contributed by atoms with Gasteiger partial charge in [0.25, 0.3) is 0 Å². The number of hydrogen-bond donors (Lipinski definition) is 1. The largest absolute Gasteiger partial charge is 0.469 e. The predicted molar refractivity (Wildman–Crippen MR) is 65.2 cm³/mol. The van der Waals surface area contributed by atoms with Gasteiger partial charge in [-0.2, -0.15) is 0 Å². The fraction of sp³-hybridized carbons (Fsp3) is 0.667. The number of hydrogen-bond acceptors (Lipinski definition) is 4. The SMILES string of the molecule is C#CCNC(=O)C(C)N(C)CCCC(=O)OC. The highest BCUT2D eigenvalue weighted by molar-refractivity contribution is 5.81. The van der Waals surface area contributed by atoms with Gasteiger partial charge in [0.1, 0.15) is 0 Å². The normalized spacial score (nSPS) is 11.7. The van der Waals surface area contributed by atoms with E-state index in [0.717, 1.165) is 0 Å². The van der Waals surface area contributed by atoms with Gasteiger partial charge < -0.3 is 10.1 Å². The highest BCUT2D eigenvalue weighted by atomic mass is 16.5. The highest BCUT2D eigenvalue weighted by Crippen LogP contribution is 2.00. The Hall–Kier alpha value is -1.54. The summed E-state index contributed by atoms with van der Waals surface area (Å²) in [7, 11) is 3.19. The van der Waals surface area contributed by atoms with Gasteiger partial charge in [-0.3, -0.25) is 14.5 Å². The van der Waals surface area contributed by atoms with Crippen LogP contribution in [0.15, 0.2) is 0 Å². The minimum Gasteiger partial charge on any atom is -0.469 e. The second kappa shape index (κ2) is 8.59. The third-order valence-electron chi connectivity index (χ3n) is 2.52. The van der Waals surface area contributed by atoms with Crippen LogP contribution in [-0.4, -0.2) is 50.1 Å². The van der Waals surface area contributed by atoms with Gasteiger partial charge >= 0.3 is 5.97 Å². The van der Waals surface area contributed by atoms with Crippen LogP contribution in [0, 0.1) is 12.3 Å². The molecule has 1 amide bonds. The molecule has 17 heavy (non-hydrogen) atoms. The Bertz CT molecular complexity index is 297. The third kappa shape index (κ3) is 6.59. The summed E-state index contributed by atoms with van der Waals surface area (Å²) >= 11 is 0. The first kappa shape index (κ1) is 15.5. The molecule has 0 heterocycles. The monoisotopic (exact) mass is 240 g/mol. The summed E-state index contributed by atoms with van der Waals surface area (Å²) in [6.45, 7) is 2.68. The fourth-order valence-corrected chi connectivity index (χ4v) is 1.25. The molecule has 0 saturated carbocycles. The average Bonchev–Trinajstić information content (AvgIpc) is 2.34. The Kier molecular flexibility index (Phi) is 7.82. The standard InChI is InChI=1S/C12H20N2O3/c1-5-8-13-12(16)10(2)14(3)9-6-7-11(15)17-4/h1,10H,6-9H2,2-4H3,(H,13,16). The smallest absolute Gasteiger partial charge is 0.305 e. The van der Waals surface area contributed by atoms with Gasteiger partial charge in [0, 0.05) is 6.42 Å². The summed E-state index contributed by atoms with van der Waals surface area (Å²) < 4.78 is 4.53. The van der Waals surface area contributed by atoms with Crippen molar-refractivity contribution in [3.05, 3.63) is 0 Å². The average molecular weight is 240 g/mol.